The van der Waals surface area contributed by atoms with E-state index < -0.39 is 6.36 Å². The lowest BCUT2D eigenvalue weighted by atomic mass is 9.96. The molecule has 3 nitrogen and oxygen atoms in total. The number of hydrogen-bond donors (Lipinski definition) is 2. The van der Waals surface area contributed by atoms with Gasteiger partial charge in [0, 0.05) is 11.6 Å². The monoisotopic (exact) mass is 261 g/mol. The fraction of sp³-hybridized carbons (Fsp3) is 0.500. The third kappa shape index (κ3) is 3.29. The van der Waals surface area contributed by atoms with E-state index in [1.54, 1.807) is 0 Å². The molecule has 0 bridgehead atoms. The Balaban J connectivity index is 2.20. The second-order valence-electron chi connectivity index (χ2n) is 4.27. The minimum atomic E-state index is -4.71. The number of nitrogens with one attached hydrogen (secondary N) is 1. The average molecular weight is 261 g/mol. The van der Waals surface area contributed by atoms with Gasteiger partial charge in [-0.15, -0.1) is 13.2 Å². The van der Waals surface area contributed by atoms with Gasteiger partial charge >= 0.3 is 6.36 Å². The molecule has 6 heteroatoms. The molecule has 1 aliphatic rings. The molecule has 1 fully saturated rings. The Morgan fingerprint density at radius 1 is 1.28 bits per heavy atom. The highest BCUT2D eigenvalue weighted by Crippen LogP contribution is 2.34. The summed E-state index contributed by atoms with van der Waals surface area (Å²) in [6.45, 7) is 0.800. The zero-order chi connectivity index (χ0) is 13.2. The minimum Gasteiger partial charge on any atom is -0.508 e. The van der Waals surface area contributed by atoms with Crippen LogP contribution in [0.5, 0.6) is 11.5 Å². The maximum absolute atomic E-state index is 12.1. The molecule has 1 heterocycles. The van der Waals surface area contributed by atoms with E-state index in [1.807, 2.05) is 0 Å². The molecular formula is C12H14F3NO2. The SMILES string of the molecule is Oc1ccc(OC(F)(F)F)cc1[C@H]1CCCCN1. The van der Waals surface area contributed by atoms with Gasteiger partial charge in [0.2, 0.25) is 0 Å². The van der Waals surface area contributed by atoms with Gasteiger partial charge in [-0.3, -0.25) is 0 Å². The van der Waals surface area contributed by atoms with Crippen LogP contribution in [0.15, 0.2) is 18.2 Å². The molecule has 18 heavy (non-hydrogen) atoms. The second-order valence-corrected chi connectivity index (χ2v) is 4.27. The first-order valence-corrected chi connectivity index (χ1v) is 5.78. The molecule has 0 saturated carbocycles. The largest absolute Gasteiger partial charge is 0.573 e. The summed E-state index contributed by atoms with van der Waals surface area (Å²) in [5, 5.41) is 12.9. The third-order valence-electron chi connectivity index (χ3n) is 2.92. The molecular weight excluding hydrogens is 247 g/mol. The van der Waals surface area contributed by atoms with Crippen molar-refractivity contribution in [1.82, 2.24) is 5.32 Å². The summed E-state index contributed by atoms with van der Waals surface area (Å²) in [5.41, 5.74) is 0.455. The molecule has 0 unspecified atom stereocenters. The number of rotatable bonds is 2. The first-order chi connectivity index (χ1) is 8.46. The van der Waals surface area contributed by atoms with Gasteiger partial charge in [0.05, 0.1) is 0 Å². The van der Waals surface area contributed by atoms with Crippen molar-refractivity contribution in [2.75, 3.05) is 6.54 Å². The summed E-state index contributed by atoms with van der Waals surface area (Å²) in [6.07, 6.45) is -1.89. The highest BCUT2D eigenvalue weighted by molar-refractivity contribution is 5.41. The highest BCUT2D eigenvalue weighted by Gasteiger charge is 2.31. The Morgan fingerprint density at radius 3 is 2.67 bits per heavy atom. The zero-order valence-corrected chi connectivity index (χ0v) is 9.63. The van der Waals surface area contributed by atoms with Crippen molar-refractivity contribution in [3.63, 3.8) is 0 Å². The molecule has 2 N–H and O–H groups in total. The molecule has 0 amide bonds. The summed E-state index contributed by atoms with van der Waals surface area (Å²) in [6, 6.07) is 3.46. The Hall–Kier alpha value is -1.43. The molecule has 1 atom stereocenters. The number of phenolic OH excluding ortho intramolecular Hbond substituents is 1. The molecule has 1 aromatic carbocycles. The van der Waals surface area contributed by atoms with Gasteiger partial charge in [0.15, 0.2) is 0 Å². The van der Waals surface area contributed by atoms with Gasteiger partial charge in [-0.25, -0.2) is 0 Å². The van der Waals surface area contributed by atoms with Crippen LogP contribution in [0.25, 0.3) is 0 Å². The van der Waals surface area contributed by atoms with E-state index in [1.165, 1.54) is 12.1 Å². The number of alkyl halides is 3. The number of ether oxygens (including phenoxy) is 1. The first-order valence-electron chi connectivity index (χ1n) is 5.78. The smallest absolute Gasteiger partial charge is 0.508 e. The van der Waals surface area contributed by atoms with Gasteiger partial charge in [0.25, 0.3) is 0 Å². The van der Waals surface area contributed by atoms with E-state index in [2.05, 4.69) is 10.1 Å². The molecule has 1 aliphatic heterocycles. The van der Waals surface area contributed by atoms with Gasteiger partial charge < -0.3 is 15.2 Å². The van der Waals surface area contributed by atoms with E-state index in [9.17, 15) is 18.3 Å². The van der Waals surface area contributed by atoms with E-state index >= 15 is 0 Å². The van der Waals surface area contributed by atoms with Crippen molar-refractivity contribution < 1.29 is 23.0 Å². The van der Waals surface area contributed by atoms with E-state index in [-0.39, 0.29) is 17.5 Å². The lowest BCUT2D eigenvalue weighted by Gasteiger charge is -2.25. The Kier molecular flexibility index (Phi) is 3.65. The van der Waals surface area contributed by atoms with E-state index in [4.69, 9.17) is 0 Å². The molecule has 2 rings (SSSR count). The van der Waals surface area contributed by atoms with Crippen LogP contribution in [0.1, 0.15) is 30.9 Å². The van der Waals surface area contributed by atoms with Crippen LogP contribution in [0.4, 0.5) is 13.2 Å². The van der Waals surface area contributed by atoms with Crippen LogP contribution in [0.3, 0.4) is 0 Å². The quantitative estimate of drug-likeness (QED) is 0.859. The normalized spacial score (nSPS) is 20.7. The van der Waals surface area contributed by atoms with Gasteiger partial charge in [-0.05, 0) is 37.6 Å². The molecule has 0 aliphatic carbocycles. The lowest BCUT2D eigenvalue weighted by Crippen LogP contribution is -2.27. The average Bonchev–Trinajstić information content (AvgIpc) is 2.31. The summed E-state index contributed by atoms with van der Waals surface area (Å²) in [7, 11) is 0. The van der Waals surface area contributed by atoms with Crippen molar-refractivity contribution in [2.24, 2.45) is 0 Å². The van der Waals surface area contributed by atoms with Crippen LogP contribution in [0, 0.1) is 0 Å². The van der Waals surface area contributed by atoms with Crippen molar-refractivity contribution >= 4 is 0 Å². The van der Waals surface area contributed by atoms with Gasteiger partial charge in [-0.1, -0.05) is 6.42 Å². The summed E-state index contributed by atoms with van der Waals surface area (Å²) in [4.78, 5) is 0. The van der Waals surface area contributed by atoms with Crippen LogP contribution in [-0.4, -0.2) is 18.0 Å². The third-order valence-corrected chi connectivity index (χ3v) is 2.92. The number of phenols is 1. The topological polar surface area (TPSA) is 41.5 Å². The molecule has 0 aromatic heterocycles. The molecule has 100 valence electrons. The molecule has 0 radical (unpaired) electrons. The Labute approximate surface area is 103 Å². The van der Waals surface area contributed by atoms with Crippen molar-refractivity contribution in [3.8, 4) is 11.5 Å². The minimum absolute atomic E-state index is 0.0103. The van der Waals surface area contributed by atoms with E-state index in [0.29, 0.717) is 5.56 Å². The van der Waals surface area contributed by atoms with E-state index in [0.717, 1.165) is 31.9 Å². The highest BCUT2D eigenvalue weighted by atomic mass is 19.4. The Bertz CT molecular complexity index is 414. The summed E-state index contributed by atoms with van der Waals surface area (Å²) in [5.74, 6) is -0.313. The number of benzene rings is 1. The maximum Gasteiger partial charge on any atom is 0.573 e. The fourth-order valence-corrected chi connectivity index (χ4v) is 2.13. The number of aromatic hydroxyl groups is 1. The zero-order valence-electron chi connectivity index (χ0n) is 9.63. The molecule has 0 spiro atoms. The number of hydrogen-bond acceptors (Lipinski definition) is 3. The van der Waals surface area contributed by atoms with Gasteiger partial charge in [-0.2, -0.15) is 0 Å². The first kappa shape index (κ1) is 13.0. The molecule has 1 saturated heterocycles. The summed E-state index contributed by atoms with van der Waals surface area (Å²) >= 11 is 0. The van der Waals surface area contributed by atoms with Gasteiger partial charge in [0.1, 0.15) is 11.5 Å². The Morgan fingerprint density at radius 2 is 2.06 bits per heavy atom. The predicted molar refractivity (Wildman–Crippen MR) is 59.4 cm³/mol. The van der Waals surface area contributed by atoms with Crippen molar-refractivity contribution in [1.29, 1.82) is 0 Å². The van der Waals surface area contributed by atoms with Crippen molar-refractivity contribution in [2.45, 2.75) is 31.7 Å². The second kappa shape index (κ2) is 5.06. The van der Waals surface area contributed by atoms with Crippen LogP contribution in [0.2, 0.25) is 0 Å². The van der Waals surface area contributed by atoms with Crippen LogP contribution in [-0.2, 0) is 0 Å². The number of halogens is 3. The molecule has 1 aromatic rings. The fourth-order valence-electron chi connectivity index (χ4n) is 2.13. The van der Waals surface area contributed by atoms with Crippen LogP contribution < -0.4 is 10.1 Å². The maximum atomic E-state index is 12.1. The summed E-state index contributed by atoms with van der Waals surface area (Å²) < 4.78 is 40.2. The standard InChI is InChI=1S/C12H14F3NO2/c13-12(14,15)18-8-4-5-11(17)9(7-8)10-3-1-2-6-16-10/h4-5,7,10,16-17H,1-3,6H2/t10-/m1/s1. The lowest BCUT2D eigenvalue weighted by molar-refractivity contribution is -0.274. The van der Waals surface area contributed by atoms with Crippen molar-refractivity contribution in [3.05, 3.63) is 23.8 Å². The van der Waals surface area contributed by atoms with Crippen LogP contribution >= 0.6 is 0 Å². The number of piperidine rings is 1. The predicted octanol–water partition coefficient (Wildman–Crippen LogP) is 3.11.